The van der Waals surface area contributed by atoms with Crippen molar-refractivity contribution in [3.8, 4) is 0 Å². The lowest BCUT2D eigenvalue weighted by Crippen LogP contribution is -2.29. The maximum Gasteiger partial charge on any atom is 0.269 e. The highest BCUT2D eigenvalue weighted by Gasteiger charge is 2.27. The molecule has 0 atom stereocenters. The summed E-state index contributed by atoms with van der Waals surface area (Å²) in [5.41, 5.74) is 8.73. The molecule has 0 heterocycles. The van der Waals surface area contributed by atoms with Gasteiger partial charge >= 0.3 is 0 Å². The maximum atomic E-state index is 12.2. The molecule has 132 valence electrons. The third kappa shape index (κ3) is 4.37. The van der Waals surface area contributed by atoms with Crippen LogP contribution in [0.25, 0.3) is 0 Å². The molecule has 3 N–H and O–H groups in total. The second kappa shape index (κ2) is 6.85. The highest BCUT2D eigenvalue weighted by Crippen LogP contribution is 2.22. The van der Waals surface area contributed by atoms with Gasteiger partial charge in [-0.1, -0.05) is 6.07 Å². The number of benzene rings is 2. The summed E-state index contributed by atoms with van der Waals surface area (Å²) in [5.74, 6) is -0.254. The van der Waals surface area contributed by atoms with Crippen molar-refractivity contribution in [3.05, 3.63) is 59.2 Å². The van der Waals surface area contributed by atoms with Crippen LogP contribution in [0.5, 0.6) is 0 Å². The second-order valence-corrected chi connectivity index (χ2v) is 8.01. The van der Waals surface area contributed by atoms with Crippen molar-refractivity contribution in [2.24, 2.45) is 0 Å². The van der Waals surface area contributed by atoms with Crippen molar-refractivity contribution < 1.29 is 13.2 Å². The Morgan fingerprint density at radius 1 is 1.00 bits per heavy atom. The monoisotopic (exact) mass is 359 g/mol. The van der Waals surface area contributed by atoms with Crippen LogP contribution in [-0.2, 0) is 10.0 Å². The van der Waals surface area contributed by atoms with Crippen LogP contribution in [0.1, 0.15) is 34.3 Å². The van der Waals surface area contributed by atoms with E-state index in [9.17, 15) is 13.2 Å². The molecule has 0 bridgehead atoms. The summed E-state index contributed by atoms with van der Waals surface area (Å²) in [4.78, 5) is 12.4. The fourth-order valence-electron chi connectivity index (χ4n) is 2.29. The molecule has 0 radical (unpaired) electrons. The summed E-state index contributed by atoms with van der Waals surface area (Å²) in [5, 5.41) is 0. The van der Waals surface area contributed by atoms with Gasteiger partial charge in [-0.05, 0) is 74.2 Å². The Kier molecular flexibility index (Phi) is 4.78. The summed E-state index contributed by atoms with van der Waals surface area (Å²) in [6, 6.07) is 11.8. The first-order chi connectivity index (χ1) is 11.8. The highest BCUT2D eigenvalue weighted by molar-refractivity contribution is 7.89. The molecule has 1 saturated carbocycles. The summed E-state index contributed by atoms with van der Waals surface area (Å²) in [7, 11) is -3.46. The quantitative estimate of drug-likeness (QED) is 0.692. The molecule has 0 aliphatic heterocycles. The number of aryl methyl sites for hydroxylation is 2. The summed E-state index contributed by atoms with van der Waals surface area (Å²) in [6.45, 7) is 3.94. The van der Waals surface area contributed by atoms with Gasteiger partial charge in [-0.25, -0.2) is 13.1 Å². The van der Waals surface area contributed by atoms with E-state index in [0.717, 1.165) is 24.0 Å². The largest absolute Gasteiger partial charge is 0.298 e. The lowest BCUT2D eigenvalue weighted by Gasteiger charge is -2.11. The molecule has 2 aromatic rings. The number of amides is 1. The predicted octanol–water partition coefficient (Wildman–Crippen LogP) is 2.50. The number of carbonyl (C=O) groups excluding carboxylic acids is 1. The molecule has 0 unspecified atom stereocenters. The first kappa shape index (κ1) is 17.4. The Labute approximate surface area is 147 Å². The molecule has 25 heavy (non-hydrogen) atoms. The Hall–Kier alpha value is -2.38. The minimum atomic E-state index is -3.46. The molecule has 1 amide bonds. The Morgan fingerprint density at radius 2 is 1.68 bits per heavy atom. The molecule has 0 aromatic heterocycles. The number of sulfonamides is 1. The van der Waals surface area contributed by atoms with E-state index < -0.39 is 10.0 Å². The molecule has 7 heteroatoms. The second-order valence-electron chi connectivity index (χ2n) is 6.30. The van der Waals surface area contributed by atoms with E-state index in [1.807, 2.05) is 26.0 Å². The molecule has 2 aromatic carbocycles. The fourth-order valence-corrected chi connectivity index (χ4v) is 3.59. The van der Waals surface area contributed by atoms with E-state index in [2.05, 4.69) is 15.6 Å². The van der Waals surface area contributed by atoms with Crippen LogP contribution >= 0.6 is 0 Å². The number of nitrogens with one attached hydrogen (secondary N) is 3. The van der Waals surface area contributed by atoms with E-state index >= 15 is 0 Å². The SMILES string of the molecule is Cc1ccc(C(=O)NNc2ccc(S(=O)(=O)NC3CC3)cc2)cc1C. The van der Waals surface area contributed by atoms with Crippen molar-refractivity contribution in [1.82, 2.24) is 10.1 Å². The fraction of sp³-hybridized carbons (Fsp3) is 0.278. The summed E-state index contributed by atoms with van der Waals surface area (Å²) in [6.07, 6.45) is 1.78. The van der Waals surface area contributed by atoms with Crippen LogP contribution in [-0.4, -0.2) is 20.4 Å². The molecular weight excluding hydrogens is 338 g/mol. The van der Waals surface area contributed by atoms with Crippen LogP contribution in [0, 0.1) is 13.8 Å². The Bertz CT molecular complexity index is 888. The van der Waals surface area contributed by atoms with Gasteiger partial charge < -0.3 is 0 Å². The average Bonchev–Trinajstić information content (AvgIpc) is 3.39. The van der Waals surface area contributed by atoms with Crippen LogP contribution in [0.15, 0.2) is 47.4 Å². The molecular formula is C18H21N3O3S. The minimum Gasteiger partial charge on any atom is -0.298 e. The summed E-state index contributed by atoms with van der Waals surface area (Å²) >= 11 is 0. The summed E-state index contributed by atoms with van der Waals surface area (Å²) < 4.78 is 26.8. The normalized spacial score (nSPS) is 14.2. The highest BCUT2D eigenvalue weighted by atomic mass is 32.2. The van der Waals surface area contributed by atoms with Gasteiger partial charge in [-0.3, -0.25) is 15.6 Å². The molecule has 0 saturated heterocycles. The first-order valence-corrected chi connectivity index (χ1v) is 9.59. The lowest BCUT2D eigenvalue weighted by molar-refractivity contribution is 0.0962. The van der Waals surface area contributed by atoms with Crippen molar-refractivity contribution >= 4 is 21.6 Å². The van der Waals surface area contributed by atoms with E-state index in [1.54, 1.807) is 18.2 Å². The lowest BCUT2D eigenvalue weighted by atomic mass is 10.1. The molecule has 3 rings (SSSR count). The first-order valence-electron chi connectivity index (χ1n) is 8.11. The van der Waals surface area contributed by atoms with Gasteiger partial charge in [0.2, 0.25) is 10.0 Å². The number of rotatable bonds is 6. The van der Waals surface area contributed by atoms with Crippen molar-refractivity contribution in [3.63, 3.8) is 0 Å². The smallest absolute Gasteiger partial charge is 0.269 e. The Morgan fingerprint density at radius 3 is 2.28 bits per heavy atom. The van der Waals surface area contributed by atoms with Crippen LogP contribution in [0.2, 0.25) is 0 Å². The van der Waals surface area contributed by atoms with Gasteiger partial charge in [-0.15, -0.1) is 0 Å². The van der Waals surface area contributed by atoms with Gasteiger partial charge in [0, 0.05) is 11.6 Å². The minimum absolute atomic E-state index is 0.0695. The van der Waals surface area contributed by atoms with Crippen LogP contribution in [0.4, 0.5) is 5.69 Å². The molecule has 6 nitrogen and oxygen atoms in total. The van der Waals surface area contributed by atoms with Gasteiger partial charge in [0.1, 0.15) is 0 Å². The van der Waals surface area contributed by atoms with E-state index in [1.165, 1.54) is 12.1 Å². The molecule has 0 spiro atoms. The number of hydrogen-bond donors (Lipinski definition) is 3. The van der Waals surface area contributed by atoms with Gasteiger partial charge in [0.15, 0.2) is 0 Å². The molecule has 1 aliphatic carbocycles. The zero-order valence-corrected chi connectivity index (χ0v) is 15.0. The van der Waals surface area contributed by atoms with Gasteiger partial charge in [0.25, 0.3) is 5.91 Å². The zero-order valence-electron chi connectivity index (χ0n) is 14.2. The van der Waals surface area contributed by atoms with Crippen molar-refractivity contribution in [1.29, 1.82) is 0 Å². The molecule has 1 fully saturated rings. The standard InChI is InChI=1S/C18H21N3O3S/c1-12-3-4-14(11-13(12)2)18(22)20-19-15-7-9-17(10-8-15)25(23,24)21-16-5-6-16/h3-4,7-11,16,19,21H,5-6H2,1-2H3,(H,20,22). The number of carbonyl (C=O) groups is 1. The number of hydrazine groups is 1. The third-order valence-electron chi connectivity index (χ3n) is 4.15. The predicted molar refractivity (Wildman–Crippen MR) is 96.8 cm³/mol. The van der Waals surface area contributed by atoms with Crippen molar-refractivity contribution in [2.45, 2.75) is 37.6 Å². The average molecular weight is 359 g/mol. The third-order valence-corrected chi connectivity index (χ3v) is 5.69. The van der Waals surface area contributed by atoms with E-state index in [-0.39, 0.29) is 16.8 Å². The van der Waals surface area contributed by atoms with E-state index in [4.69, 9.17) is 0 Å². The molecule has 1 aliphatic rings. The van der Waals surface area contributed by atoms with Gasteiger partial charge in [0.05, 0.1) is 10.6 Å². The Balaban J connectivity index is 1.61. The van der Waals surface area contributed by atoms with Gasteiger partial charge in [-0.2, -0.15) is 0 Å². The number of anilines is 1. The maximum absolute atomic E-state index is 12.2. The van der Waals surface area contributed by atoms with Crippen LogP contribution < -0.4 is 15.6 Å². The number of hydrogen-bond acceptors (Lipinski definition) is 4. The van der Waals surface area contributed by atoms with Crippen molar-refractivity contribution in [2.75, 3.05) is 5.43 Å². The van der Waals surface area contributed by atoms with E-state index in [0.29, 0.717) is 11.3 Å². The topological polar surface area (TPSA) is 87.3 Å². The zero-order chi connectivity index (χ0) is 18.0. The van der Waals surface area contributed by atoms with Crippen LogP contribution in [0.3, 0.4) is 0 Å².